The molecule has 1 aromatic heterocycles. The molecule has 0 aliphatic carbocycles. The third kappa shape index (κ3) is 4.67. The van der Waals surface area contributed by atoms with E-state index in [1.807, 2.05) is 31.2 Å². The van der Waals surface area contributed by atoms with Gasteiger partial charge in [-0.05, 0) is 30.7 Å². The molecule has 1 unspecified atom stereocenters. The van der Waals surface area contributed by atoms with Crippen LogP contribution in [0.5, 0.6) is 0 Å². The summed E-state index contributed by atoms with van der Waals surface area (Å²) in [6.45, 7) is 2.77. The van der Waals surface area contributed by atoms with Crippen LogP contribution in [0, 0.1) is 0 Å². The second kappa shape index (κ2) is 7.71. The molecule has 0 fully saturated rings. The lowest BCUT2D eigenvalue weighted by molar-refractivity contribution is -0.129. The number of benzene rings is 1. The maximum atomic E-state index is 11.7. The number of rotatable bonds is 6. The second-order valence-corrected chi connectivity index (χ2v) is 5.69. The summed E-state index contributed by atoms with van der Waals surface area (Å²) in [4.78, 5) is 17.7. The minimum absolute atomic E-state index is 0.141. The largest absolute Gasteiger partial charge is 0.349 e. The standard InChI is InChI=1S/C18H23N3O/c1-14(11-18(22)21(2)3)20-13-15-7-6-8-16(12-15)17-9-4-5-10-19-17/h4-10,12,14,20H,11,13H2,1-3H3. The Morgan fingerprint density at radius 1 is 1.23 bits per heavy atom. The first-order valence-electron chi connectivity index (χ1n) is 7.50. The molecule has 22 heavy (non-hydrogen) atoms. The summed E-state index contributed by atoms with van der Waals surface area (Å²) in [7, 11) is 3.57. The zero-order chi connectivity index (χ0) is 15.9. The number of hydrogen-bond donors (Lipinski definition) is 1. The Labute approximate surface area is 132 Å². The Morgan fingerprint density at radius 2 is 2.05 bits per heavy atom. The Bertz CT molecular complexity index is 611. The van der Waals surface area contributed by atoms with Gasteiger partial charge in [0.05, 0.1) is 5.69 Å². The molecule has 1 atom stereocenters. The predicted octanol–water partition coefficient (Wildman–Crippen LogP) is 2.71. The average Bonchev–Trinajstić information content (AvgIpc) is 2.54. The molecular formula is C18H23N3O. The number of nitrogens with one attached hydrogen (secondary N) is 1. The molecule has 1 aromatic carbocycles. The van der Waals surface area contributed by atoms with E-state index in [0.29, 0.717) is 6.42 Å². The molecule has 1 amide bonds. The highest BCUT2D eigenvalue weighted by atomic mass is 16.2. The van der Waals surface area contributed by atoms with Gasteiger partial charge in [-0.25, -0.2) is 0 Å². The Balaban J connectivity index is 1.95. The molecule has 0 radical (unpaired) electrons. The highest BCUT2D eigenvalue weighted by Crippen LogP contribution is 2.17. The topological polar surface area (TPSA) is 45.2 Å². The van der Waals surface area contributed by atoms with E-state index in [2.05, 4.69) is 28.5 Å². The molecule has 116 valence electrons. The zero-order valence-electron chi connectivity index (χ0n) is 13.4. The predicted molar refractivity (Wildman–Crippen MR) is 89.3 cm³/mol. The normalized spacial score (nSPS) is 12.0. The van der Waals surface area contributed by atoms with Crippen molar-refractivity contribution in [1.29, 1.82) is 0 Å². The van der Waals surface area contributed by atoms with Crippen molar-refractivity contribution in [3.8, 4) is 11.3 Å². The zero-order valence-corrected chi connectivity index (χ0v) is 13.4. The number of hydrogen-bond acceptors (Lipinski definition) is 3. The molecule has 0 saturated carbocycles. The van der Waals surface area contributed by atoms with Gasteiger partial charge in [0.25, 0.3) is 0 Å². The van der Waals surface area contributed by atoms with E-state index >= 15 is 0 Å². The molecule has 0 spiro atoms. The maximum absolute atomic E-state index is 11.7. The quantitative estimate of drug-likeness (QED) is 0.891. The molecule has 0 aliphatic heterocycles. The van der Waals surface area contributed by atoms with E-state index in [4.69, 9.17) is 0 Å². The molecule has 2 aromatic rings. The van der Waals surface area contributed by atoms with Gasteiger partial charge in [0.1, 0.15) is 0 Å². The van der Waals surface area contributed by atoms with Gasteiger partial charge in [0.15, 0.2) is 0 Å². The van der Waals surface area contributed by atoms with Crippen molar-refractivity contribution < 1.29 is 4.79 Å². The lowest BCUT2D eigenvalue weighted by Gasteiger charge is -2.16. The van der Waals surface area contributed by atoms with Crippen molar-refractivity contribution in [2.45, 2.75) is 25.9 Å². The van der Waals surface area contributed by atoms with Gasteiger partial charge in [0.2, 0.25) is 5.91 Å². The molecule has 2 rings (SSSR count). The number of nitrogens with zero attached hydrogens (tertiary/aromatic N) is 2. The number of carbonyl (C=O) groups excluding carboxylic acids is 1. The summed E-state index contributed by atoms with van der Waals surface area (Å²) in [5.41, 5.74) is 3.27. The van der Waals surface area contributed by atoms with Crippen LogP contribution in [0.15, 0.2) is 48.7 Å². The van der Waals surface area contributed by atoms with E-state index in [1.165, 1.54) is 5.56 Å². The molecule has 0 saturated heterocycles. The van der Waals surface area contributed by atoms with Crippen LogP contribution in [0.1, 0.15) is 18.9 Å². The summed E-state index contributed by atoms with van der Waals surface area (Å²) in [6, 6.07) is 14.4. The van der Waals surface area contributed by atoms with Crippen LogP contribution in [0.25, 0.3) is 11.3 Å². The molecule has 1 N–H and O–H groups in total. The number of pyridine rings is 1. The van der Waals surface area contributed by atoms with Crippen LogP contribution in [0.3, 0.4) is 0 Å². The first-order valence-corrected chi connectivity index (χ1v) is 7.50. The Hall–Kier alpha value is -2.20. The lowest BCUT2D eigenvalue weighted by atomic mass is 10.1. The molecule has 0 aliphatic rings. The lowest BCUT2D eigenvalue weighted by Crippen LogP contribution is -2.32. The molecule has 1 heterocycles. The van der Waals surface area contributed by atoms with Crippen LogP contribution in [0.2, 0.25) is 0 Å². The smallest absolute Gasteiger partial charge is 0.223 e. The van der Waals surface area contributed by atoms with Crippen molar-refractivity contribution in [1.82, 2.24) is 15.2 Å². The molecule has 4 heteroatoms. The van der Waals surface area contributed by atoms with Gasteiger partial charge in [-0.2, -0.15) is 0 Å². The van der Waals surface area contributed by atoms with Crippen LogP contribution >= 0.6 is 0 Å². The average molecular weight is 297 g/mol. The van der Waals surface area contributed by atoms with Crippen LogP contribution < -0.4 is 5.32 Å². The Morgan fingerprint density at radius 3 is 2.73 bits per heavy atom. The van der Waals surface area contributed by atoms with Crippen molar-refractivity contribution in [3.63, 3.8) is 0 Å². The van der Waals surface area contributed by atoms with Crippen molar-refractivity contribution in [2.75, 3.05) is 14.1 Å². The van der Waals surface area contributed by atoms with Crippen molar-refractivity contribution in [3.05, 3.63) is 54.2 Å². The van der Waals surface area contributed by atoms with Crippen LogP contribution in [-0.2, 0) is 11.3 Å². The molecule has 0 bridgehead atoms. The third-order valence-corrected chi connectivity index (χ3v) is 3.52. The summed E-state index contributed by atoms with van der Waals surface area (Å²) in [5, 5.41) is 3.40. The number of amides is 1. The van der Waals surface area contributed by atoms with Crippen molar-refractivity contribution >= 4 is 5.91 Å². The fraction of sp³-hybridized carbons (Fsp3) is 0.333. The van der Waals surface area contributed by atoms with E-state index in [0.717, 1.165) is 17.8 Å². The van der Waals surface area contributed by atoms with Gasteiger partial charge in [-0.1, -0.05) is 24.3 Å². The SMILES string of the molecule is CC(CC(=O)N(C)C)NCc1cccc(-c2ccccn2)c1. The van der Waals surface area contributed by atoms with E-state index < -0.39 is 0 Å². The van der Waals surface area contributed by atoms with Gasteiger partial charge in [-0.15, -0.1) is 0 Å². The maximum Gasteiger partial charge on any atom is 0.223 e. The first-order chi connectivity index (χ1) is 10.6. The monoisotopic (exact) mass is 297 g/mol. The summed E-state index contributed by atoms with van der Waals surface area (Å²) in [6.07, 6.45) is 2.31. The Kier molecular flexibility index (Phi) is 5.67. The highest BCUT2D eigenvalue weighted by molar-refractivity contribution is 5.76. The molecular weight excluding hydrogens is 274 g/mol. The van der Waals surface area contributed by atoms with Gasteiger partial charge in [-0.3, -0.25) is 9.78 Å². The summed E-state index contributed by atoms with van der Waals surface area (Å²) < 4.78 is 0. The van der Waals surface area contributed by atoms with E-state index in [1.54, 1.807) is 25.2 Å². The summed E-state index contributed by atoms with van der Waals surface area (Å²) in [5.74, 6) is 0.141. The minimum Gasteiger partial charge on any atom is -0.349 e. The fourth-order valence-corrected chi connectivity index (χ4v) is 2.18. The van der Waals surface area contributed by atoms with Crippen LogP contribution in [0.4, 0.5) is 0 Å². The van der Waals surface area contributed by atoms with Gasteiger partial charge in [0, 0.05) is 44.9 Å². The number of aromatic nitrogens is 1. The van der Waals surface area contributed by atoms with Crippen molar-refractivity contribution in [2.24, 2.45) is 0 Å². The van der Waals surface area contributed by atoms with E-state index in [9.17, 15) is 4.79 Å². The van der Waals surface area contributed by atoms with E-state index in [-0.39, 0.29) is 11.9 Å². The summed E-state index contributed by atoms with van der Waals surface area (Å²) >= 11 is 0. The number of carbonyl (C=O) groups is 1. The third-order valence-electron chi connectivity index (χ3n) is 3.52. The highest BCUT2D eigenvalue weighted by Gasteiger charge is 2.10. The molecule has 4 nitrogen and oxygen atoms in total. The van der Waals surface area contributed by atoms with Gasteiger partial charge >= 0.3 is 0 Å². The first kappa shape index (κ1) is 16.2. The van der Waals surface area contributed by atoms with Crippen LogP contribution in [-0.4, -0.2) is 35.9 Å². The fourth-order valence-electron chi connectivity index (χ4n) is 2.18. The van der Waals surface area contributed by atoms with Gasteiger partial charge < -0.3 is 10.2 Å². The minimum atomic E-state index is 0.141. The second-order valence-electron chi connectivity index (χ2n) is 5.69.